The molecular weight excluding hydrogens is 432 g/mol. The molecule has 0 aliphatic rings. The molecule has 166 valence electrons. The SMILES string of the molecule is CNS(=O)(=O)Cc1ccccc1CNC(=O)c1sc2nc(C(C)(C)C)nc(C)c2c1C. The molecule has 2 heterocycles. The molecule has 31 heavy (non-hydrogen) atoms. The van der Waals surface area contributed by atoms with Gasteiger partial charge in [-0.3, -0.25) is 4.79 Å². The van der Waals surface area contributed by atoms with E-state index < -0.39 is 10.0 Å². The molecule has 2 N–H and O–H groups in total. The Labute approximate surface area is 187 Å². The van der Waals surface area contributed by atoms with Crippen LogP contribution in [0.4, 0.5) is 0 Å². The molecule has 2 aromatic heterocycles. The number of amides is 1. The van der Waals surface area contributed by atoms with E-state index in [0.29, 0.717) is 10.4 Å². The second kappa shape index (κ2) is 8.64. The minimum atomic E-state index is -3.41. The molecule has 7 nitrogen and oxygen atoms in total. The van der Waals surface area contributed by atoms with E-state index in [1.807, 2.05) is 26.0 Å². The smallest absolute Gasteiger partial charge is 0.261 e. The number of rotatable bonds is 6. The minimum Gasteiger partial charge on any atom is -0.347 e. The third kappa shape index (κ3) is 5.11. The molecule has 1 amide bonds. The van der Waals surface area contributed by atoms with Crippen LogP contribution in [0.3, 0.4) is 0 Å². The first kappa shape index (κ1) is 23.3. The van der Waals surface area contributed by atoms with Crippen molar-refractivity contribution in [2.24, 2.45) is 0 Å². The number of aromatic nitrogens is 2. The zero-order chi connectivity index (χ0) is 23.0. The van der Waals surface area contributed by atoms with Gasteiger partial charge in [0.1, 0.15) is 10.7 Å². The van der Waals surface area contributed by atoms with Crippen LogP contribution < -0.4 is 10.0 Å². The van der Waals surface area contributed by atoms with Crippen LogP contribution in [0.2, 0.25) is 0 Å². The summed E-state index contributed by atoms with van der Waals surface area (Å²) in [6, 6.07) is 7.20. The van der Waals surface area contributed by atoms with Crippen LogP contribution in [0.25, 0.3) is 10.2 Å². The largest absolute Gasteiger partial charge is 0.347 e. The van der Waals surface area contributed by atoms with Gasteiger partial charge in [-0.1, -0.05) is 45.0 Å². The van der Waals surface area contributed by atoms with Gasteiger partial charge < -0.3 is 5.32 Å². The normalized spacial score (nSPS) is 12.3. The molecule has 3 rings (SSSR count). The first-order valence-electron chi connectivity index (χ1n) is 9.97. The Kier molecular flexibility index (Phi) is 6.50. The molecule has 0 unspecified atom stereocenters. The van der Waals surface area contributed by atoms with Crippen molar-refractivity contribution in [3.8, 4) is 0 Å². The van der Waals surface area contributed by atoms with Crippen LogP contribution in [0.5, 0.6) is 0 Å². The van der Waals surface area contributed by atoms with E-state index in [2.05, 4.69) is 35.8 Å². The number of carbonyl (C=O) groups is 1. The summed E-state index contributed by atoms with van der Waals surface area (Å²) in [6.07, 6.45) is 0. The van der Waals surface area contributed by atoms with Crippen LogP contribution >= 0.6 is 11.3 Å². The number of nitrogens with one attached hydrogen (secondary N) is 2. The number of aryl methyl sites for hydroxylation is 2. The summed E-state index contributed by atoms with van der Waals surface area (Å²) in [5, 5.41) is 3.85. The quantitative estimate of drug-likeness (QED) is 0.585. The van der Waals surface area contributed by atoms with Gasteiger partial charge in [0, 0.05) is 17.3 Å². The van der Waals surface area contributed by atoms with E-state index in [0.717, 1.165) is 32.9 Å². The molecule has 0 atom stereocenters. The number of fused-ring (bicyclic) bond motifs is 1. The highest BCUT2D eigenvalue weighted by Gasteiger charge is 2.23. The zero-order valence-electron chi connectivity index (χ0n) is 18.7. The lowest BCUT2D eigenvalue weighted by Gasteiger charge is -2.16. The maximum absolute atomic E-state index is 13.0. The third-order valence-corrected chi connectivity index (χ3v) is 7.56. The predicted octanol–water partition coefficient (Wildman–Crippen LogP) is 3.58. The van der Waals surface area contributed by atoms with E-state index in [1.165, 1.54) is 18.4 Å². The minimum absolute atomic E-state index is 0.137. The molecule has 0 aliphatic carbocycles. The van der Waals surface area contributed by atoms with E-state index in [9.17, 15) is 13.2 Å². The number of hydrogen-bond donors (Lipinski definition) is 2. The van der Waals surface area contributed by atoms with Crippen molar-refractivity contribution in [2.45, 2.75) is 52.3 Å². The lowest BCUT2D eigenvalue weighted by atomic mass is 9.95. The number of benzene rings is 1. The van der Waals surface area contributed by atoms with Gasteiger partial charge in [0.05, 0.1) is 16.3 Å². The number of hydrogen-bond acceptors (Lipinski definition) is 6. The van der Waals surface area contributed by atoms with Gasteiger partial charge in [0.25, 0.3) is 5.91 Å². The molecule has 0 spiro atoms. The monoisotopic (exact) mass is 460 g/mol. The van der Waals surface area contributed by atoms with Crippen molar-refractivity contribution in [1.29, 1.82) is 0 Å². The number of nitrogens with zero attached hydrogens (tertiary/aromatic N) is 2. The fourth-order valence-corrected chi connectivity index (χ4v) is 5.28. The van der Waals surface area contributed by atoms with Crippen molar-refractivity contribution < 1.29 is 13.2 Å². The Morgan fingerprint density at radius 3 is 2.35 bits per heavy atom. The number of thiophene rings is 1. The highest BCUT2D eigenvalue weighted by atomic mass is 32.2. The summed E-state index contributed by atoms with van der Waals surface area (Å²) in [7, 11) is -2.02. The van der Waals surface area contributed by atoms with Crippen molar-refractivity contribution in [1.82, 2.24) is 20.0 Å². The highest BCUT2D eigenvalue weighted by molar-refractivity contribution is 7.88. The maximum Gasteiger partial charge on any atom is 0.261 e. The number of sulfonamides is 1. The number of carbonyl (C=O) groups excluding carboxylic acids is 1. The van der Waals surface area contributed by atoms with Gasteiger partial charge in [0.2, 0.25) is 10.0 Å². The third-order valence-electron chi connectivity index (χ3n) is 5.06. The van der Waals surface area contributed by atoms with Crippen LogP contribution in [0, 0.1) is 13.8 Å². The highest BCUT2D eigenvalue weighted by Crippen LogP contribution is 2.33. The van der Waals surface area contributed by atoms with Crippen molar-refractivity contribution >= 4 is 37.5 Å². The van der Waals surface area contributed by atoms with E-state index in [4.69, 9.17) is 4.98 Å². The molecule has 0 saturated heterocycles. The molecule has 3 aromatic rings. The summed E-state index contributed by atoms with van der Waals surface area (Å²) in [5.41, 5.74) is 2.96. The van der Waals surface area contributed by atoms with Crippen LogP contribution in [0.1, 0.15) is 58.7 Å². The molecule has 0 fully saturated rings. The van der Waals surface area contributed by atoms with Crippen LogP contribution in [0.15, 0.2) is 24.3 Å². The Balaban J connectivity index is 1.87. The van der Waals surface area contributed by atoms with Crippen molar-refractivity contribution in [2.75, 3.05) is 7.05 Å². The molecule has 9 heteroatoms. The van der Waals surface area contributed by atoms with Gasteiger partial charge in [-0.2, -0.15) is 0 Å². The van der Waals surface area contributed by atoms with E-state index in [-0.39, 0.29) is 23.6 Å². The Hall–Kier alpha value is -2.36. The molecule has 0 bridgehead atoms. The molecular formula is C22H28N4O3S2. The second-order valence-electron chi connectivity index (χ2n) is 8.53. The summed E-state index contributed by atoms with van der Waals surface area (Å²) < 4.78 is 26.2. The maximum atomic E-state index is 13.0. The molecule has 0 aliphatic heterocycles. The van der Waals surface area contributed by atoms with Crippen molar-refractivity contribution in [3.05, 3.63) is 57.4 Å². The molecule has 0 radical (unpaired) electrons. The fourth-order valence-electron chi connectivity index (χ4n) is 3.29. The van der Waals surface area contributed by atoms with Gasteiger partial charge in [-0.25, -0.2) is 23.1 Å². The molecule has 0 saturated carbocycles. The van der Waals surface area contributed by atoms with Crippen molar-refractivity contribution in [3.63, 3.8) is 0 Å². The summed E-state index contributed by atoms with van der Waals surface area (Å²) in [6.45, 7) is 10.3. The fraction of sp³-hybridized carbons (Fsp3) is 0.409. The summed E-state index contributed by atoms with van der Waals surface area (Å²) in [5.74, 6) is 0.413. The van der Waals surface area contributed by atoms with Gasteiger partial charge in [-0.15, -0.1) is 11.3 Å². The topological polar surface area (TPSA) is 101 Å². The second-order valence-corrected chi connectivity index (χ2v) is 11.5. The first-order chi connectivity index (χ1) is 14.4. The standard InChI is InChI=1S/C22H28N4O3S2/c1-13-17-14(2)25-21(22(3,4)5)26-20(17)30-18(13)19(27)24-11-15-9-7-8-10-16(15)12-31(28,29)23-6/h7-10,23H,11-12H2,1-6H3,(H,24,27). The Morgan fingerprint density at radius 1 is 1.10 bits per heavy atom. The summed E-state index contributed by atoms with van der Waals surface area (Å²) >= 11 is 1.36. The van der Waals surface area contributed by atoms with Gasteiger partial charge in [0.15, 0.2) is 0 Å². The first-order valence-corrected chi connectivity index (χ1v) is 12.4. The van der Waals surface area contributed by atoms with Gasteiger partial charge >= 0.3 is 0 Å². The lowest BCUT2D eigenvalue weighted by Crippen LogP contribution is -2.25. The molecule has 1 aromatic carbocycles. The Morgan fingerprint density at radius 2 is 1.74 bits per heavy atom. The average molecular weight is 461 g/mol. The predicted molar refractivity (Wildman–Crippen MR) is 125 cm³/mol. The van der Waals surface area contributed by atoms with Crippen LogP contribution in [-0.2, 0) is 27.7 Å². The zero-order valence-corrected chi connectivity index (χ0v) is 20.3. The lowest BCUT2D eigenvalue weighted by molar-refractivity contribution is 0.0954. The summed E-state index contributed by atoms with van der Waals surface area (Å²) in [4.78, 5) is 23.7. The average Bonchev–Trinajstić information content (AvgIpc) is 3.03. The van der Waals surface area contributed by atoms with Gasteiger partial charge in [-0.05, 0) is 37.6 Å². The van der Waals surface area contributed by atoms with Crippen LogP contribution in [-0.4, -0.2) is 31.3 Å². The Bertz CT molecular complexity index is 1240. The van der Waals surface area contributed by atoms with E-state index in [1.54, 1.807) is 12.1 Å². The van der Waals surface area contributed by atoms with E-state index >= 15 is 0 Å².